The highest BCUT2D eigenvalue weighted by molar-refractivity contribution is 5.31. The van der Waals surface area contributed by atoms with Crippen LogP contribution in [0.5, 0.6) is 0 Å². The van der Waals surface area contributed by atoms with Gasteiger partial charge >= 0.3 is 0 Å². The molecule has 2 aromatic carbocycles. The summed E-state index contributed by atoms with van der Waals surface area (Å²) in [6, 6.07) is 21.8. The highest BCUT2D eigenvalue weighted by Gasteiger charge is 2.32. The van der Waals surface area contributed by atoms with Crippen molar-refractivity contribution in [1.29, 1.82) is 0 Å². The summed E-state index contributed by atoms with van der Waals surface area (Å²) in [6.07, 6.45) is 2.67. The maximum absolute atomic E-state index is 2.26. The summed E-state index contributed by atoms with van der Waals surface area (Å²) in [6.45, 7) is 0. The first-order valence-corrected chi connectivity index (χ1v) is 6.05. The second-order valence-electron chi connectivity index (χ2n) is 4.61. The fraction of sp³-hybridized carbons (Fsp3) is 0.250. The number of hydrogen-bond acceptors (Lipinski definition) is 0. The Morgan fingerprint density at radius 2 is 0.938 bits per heavy atom. The van der Waals surface area contributed by atoms with E-state index >= 15 is 0 Å². The SMILES string of the molecule is c1ccc(C2CCC2c2ccccc2)cc1. The van der Waals surface area contributed by atoms with Crippen LogP contribution in [0.4, 0.5) is 0 Å². The van der Waals surface area contributed by atoms with Crippen LogP contribution in [-0.4, -0.2) is 0 Å². The van der Waals surface area contributed by atoms with Gasteiger partial charge in [0.05, 0.1) is 0 Å². The van der Waals surface area contributed by atoms with Crippen molar-refractivity contribution in [1.82, 2.24) is 0 Å². The van der Waals surface area contributed by atoms with Crippen LogP contribution in [-0.2, 0) is 0 Å². The van der Waals surface area contributed by atoms with Crippen molar-refractivity contribution in [3.05, 3.63) is 71.8 Å². The van der Waals surface area contributed by atoms with Gasteiger partial charge in [-0.05, 0) is 35.8 Å². The molecule has 0 spiro atoms. The summed E-state index contributed by atoms with van der Waals surface area (Å²) in [4.78, 5) is 0. The molecule has 0 heterocycles. The fourth-order valence-corrected chi connectivity index (χ4v) is 2.70. The molecule has 0 radical (unpaired) electrons. The molecule has 0 N–H and O–H groups in total. The van der Waals surface area contributed by atoms with Crippen molar-refractivity contribution in [3.63, 3.8) is 0 Å². The lowest BCUT2D eigenvalue weighted by molar-refractivity contribution is 0.346. The Hall–Kier alpha value is -1.56. The van der Waals surface area contributed by atoms with Crippen molar-refractivity contribution in [2.24, 2.45) is 0 Å². The minimum absolute atomic E-state index is 0.739. The highest BCUT2D eigenvalue weighted by Crippen LogP contribution is 2.48. The van der Waals surface area contributed by atoms with Gasteiger partial charge in [-0.1, -0.05) is 60.7 Å². The maximum Gasteiger partial charge on any atom is -0.00929 e. The van der Waals surface area contributed by atoms with Gasteiger partial charge in [0, 0.05) is 0 Å². The molecular formula is C16H16. The van der Waals surface area contributed by atoms with E-state index in [9.17, 15) is 0 Å². The molecule has 1 saturated carbocycles. The molecule has 16 heavy (non-hydrogen) atoms. The second kappa shape index (κ2) is 4.13. The maximum atomic E-state index is 2.26. The zero-order valence-electron chi connectivity index (χ0n) is 9.34. The summed E-state index contributed by atoms with van der Waals surface area (Å²) < 4.78 is 0. The molecule has 2 unspecified atom stereocenters. The van der Waals surface area contributed by atoms with Crippen molar-refractivity contribution in [2.75, 3.05) is 0 Å². The Morgan fingerprint density at radius 3 is 1.25 bits per heavy atom. The standard InChI is InChI=1S/C16H16/c1-3-7-13(8-4-1)15-11-12-16(15)14-9-5-2-6-10-14/h1-10,15-16H,11-12H2. The molecule has 2 atom stereocenters. The summed E-state index contributed by atoms with van der Waals surface area (Å²) in [5.41, 5.74) is 3.00. The monoisotopic (exact) mass is 208 g/mol. The van der Waals surface area contributed by atoms with Crippen molar-refractivity contribution >= 4 is 0 Å². The van der Waals surface area contributed by atoms with Crippen LogP contribution in [0.2, 0.25) is 0 Å². The van der Waals surface area contributed by atoms with E-state index < -0.39 is 0 Å². The first-order chi connectivity index (χ1) is 7.95. The van der Waals surface area contributed by atoms with E-state index in [2.05, 4.69) is 60.7 Å². The Morgan fingerprint density at radius 1 is 0.562 bits per heavy atom. The molecule has 1 fully saturated rings. The summed E-state index contributed by atoms with van der Waals surface area (Å²) in [7, 11) is 0. The molecule has 0 saturated heterocycles. The Bertz CT molecular complexity index is 398. The van der Waals surface area contributed by atoms with Crippen LogP contribution in [0.3, 0.4) is 0 Å². The smallest absolute Gasteiger partial charge is 0.00929 e. The molecule has 1 aliphatic rings. The third kappa shape index (κ3) is 1.65. The van der Waals surface area contributed by atoms with Gasteiger partial charge in [-0.25, -0.2) is 0 Å². The molecule has 0 aromatic heterocycles. The van der Waals surface area contributed by atoms with E-state index in [4.69, 9.17) is 0 Å². The van der Waals surface area contributed by atoms with Crippen molar-refractivity contribution in [3.8, 4) is 0 Å². The zero-order chi connectivity index (χ0) is 10.8. The van der Waals surface area contributed by atoms with Crippen molar-refractivity contribution in [2.45, 2.75) is 24.7 Å². The molecule has 0 amide bonds. The largest absolute Gasteiger partial charge is 0.0622 e. The van der Waals surface area contributed by atoms with Crippen LogP contribution in [0.25, 0.3) is 0 Å². The predicted molar refractivity (Wildman–Crippen MR) is 67.6 cm³/mol. The lowest BCUT2D eigenvalue weighted by atomic mass is 9.67. The molecular weight excluding hydrogens is 192 g/mol. The summed E-state index contributed by atoms with van der Waals surface area (Å²) in [5, 5.41) is 0. The van der Waals surface area contributed by atoms with Gasteiger partial charge < -0.3 is 0 Å². The second-order valence-corrected chi connectivity index (χ2v) is 4.61. The topological polar surface area (TPSA) is 0 Å². The van der Waals surface area contributed by atoms with Gasteiger partial charge in [-0.2, -0.15) is 0 Å². The van der Waals surface area contributed by atoms with E-state index in [-0.39, 0.29) is 0 Å². The molecule has 0 bridgehead atoms. The average Bonchev–Trinajstić information content (AvgIpc) is 2.30. The summed E-state index contributed by atoms with van der Waals surface area (Å²) >= 11 is 0. The van der Waals surface area contributed by atoms with Gasteiger partial charge in [0.25, 0.3) is 0 Å². The van der Waals surface area contributed by atoms with Crippen LogP contribution in [0.15, 0.2) is 60.7 Å². The number of rotatable bonds is 2. The Balaban J connectivity index is 1.85. The van der Waals surface area contributed by atoms with Crippen LogP contribution in [0, 0.1) is 0 Å². The fourth-order valence-electron chi connectivity index (χ4n) is 2.70. The highest BCUT2D eigenvalue weighted by atomic mass is 14.4. The minimum atomic E-state index is 0.739. The first kappa shape index (κ1) is 9.65. The van der Waals surface area contributed by atoms with Crippen LogP contribution in [0.1, 0.15) is 35.8 Å². The van der Waals surface area contributed by atoms with Crippen molar-refractivity contribution < 1.29 is 0 Å². The predicted octanol–water partition coefficient (Wildman–Crippen LogP) is 4.35. The Labute approximate surface area is 96.9 Å². The van der Waals surface area contributed by atoms with E-state index in [0.29, 0.717) is 0 Å². The third-order valence-electron chi connectivity index (χ3n) is 3.73. The normalized spacial score (nSPS) is 23.8. The van der Waals surface area contributed by atoms with E-state index in [1.165, 1.54) is 24.0 Å². The van der Waals surface area contributed by atoms with E-state index in [1.807, 2.05) is 0 Å². The molecule has 2 aromatic rings. The lowest BCUT2D eigenvalue weighted by Crippen LogP contribution is -2.21. The van der Waals surface area contributed by atoms with Gasteiger partial charge in [0.2, 0.25) is 0 Å². The number of benzene rings is 2. The zero-order valence-corrected chi connectivity index (χ0v) is 9.34. The van der Waals surface area contributed by atoms with Gasteiger partial charge in [0.1, 0.15) is 0 Å². The molecule has 1 aliphatic carbocycles. The van der Waals surface area contributed by atoms with Crippen LogP contribution < -0.4 is 0 Å². The Kier molecular flexibility index (Phi) is 2.49. The summed E-state index contributed by atoms with van der Waals surface area (Å²) in [5.74, 6) is 1.48. The third-order valence-corrected chi connectivity index (χ3v) is 3.73. The van der Waals surface area contributed by atoms with Gasteiger partial charge in [-0.15, -0.1) is 0 Å². The van der Waals surface area contributed by atoms with E-state index in [0.717, 1.165) is 11.8 Å². The first-order valence-electron chi connectivity index (χ1n) is 6.05. The molecule has 0 aliphatic heterocycles. The quantitative estimate of drug-likeness (QED) is 0.688. The van der Waals surface area contributed by atoms with Gasteiger partial charge in [0.15, 0.2) is 0 Å². The molecule has 80 valence electrons. The lowest BCUT2D eigenvalue weighted by Gasteiger charge is -2.37. The van der Waals surface area contributed by atoms with Crippen LogP contribution >= 0.6 is 0 Å². The molecule has 3 rings (SSSR count). The number of hydrogen-bond donors (Lipinski definition) is 0. The minimum Gasteiger partial charge on any atom is -0.0622 e. The van der Waals surface area contributed by atoms with E-state index in [1.54, 1.807) is 0 Å². The van der Waals surface area contributed by atoms with Gasteiger partial charge in [-0.3, -0.25) is 0 Å². The average molecular weight is 208 g/mol. The molecule has 0 nitrogen and oxygen atoms in total. The molecule has 0 heteroatoms.